The molecule has 3 nitrogen and oxygen atoms in total. The number of benzene rings is 1. The first kappa shape index (κ1) is 11.8. The van der Waals surface area contributed by atoms with Gasteiger partial charge in [-0.15, -0.1) is 0 Å². The van der Waals surface area contributed by atoms with E-state index in [1.165, 1.54) is 0 Å². The molecule has 0 spiro atoms. The van der Waals surface area contributed by atoms with Crippen LogP contribution >= 0.6 is 39.1 Å². The van der Waals surface area contributed by atoms with Gasteiger partial charge in [0.15, 0.2) is 0 Å². The zero-order valence-corrected chi connectivity index (χ0v) is 11.2. The molecule has 2 rings (SSSR count). The van der Waals surface area contributed by atoms with Gasteiger partial charge in [0.2, 0.25) is 5.22 Å². The maximum atomic E-state index is 6.01. The fourth-order valence-corrected chi connectivity index (χ4v) is 2.01. The van der Waals surface area contributed by atoms with Gasteiger partial charge in [-0.05, 0) is 45.7 Å². The van der Waals surface area contributed by atoms with E-state index in [-0.39, 0.29) is 5.22 Å². The minimum absolute atomic E-state index is 0.210. The van der Waals surface area contributed by atoms with Crippen LogP contribution in [0.5, 0.6) is 5.75 Å². The van der Waals surface area contributed by atoms with Crippen molar-refractivity contribution >= 4 is 39.1 Å². The quantitative estimate of drug-likeness (QED) is 0.821. The Bertz CT molecular complexity index is 528. The van der Waals surface area contributed by atoms with Crippen LogP contribution in [-0.4, -0.2) is 12.3 Å². The van der Waals surface area contributed by atoms with Crippen LogP contribution in [0.3, 0.4) is 0 Å². The Morgan fingerprint density at radius 2 is 2.12 bits per heavy atom. The molecular formula is C10H6BrCl2NO2. The van der Waals surface area contributed by atoms with Gasteiger partial charge < -0.3 is 9.26 Å². The summed E-state index contributed by atoms with van der Waals surface area (Å²) < 4.78 is 10.5. The largest absolute Gasteiger partial charge is 0.495 e. The van der Waals surface area contributed by atoms with Crippen molar-refractivity contribution in [3.8, 4) is 17.0 Å². The van der Waals surface area contributed by atoms with Crippen molar-refractivity contribution in [3.63, 3.8) is 0 Å². The number of ether oxygens (including phenoxy) is 1. The molecule has 1 heterocycles. The fourth-order valence-electron chi connectivity index (χ4n) is 1.25. The van der Waals surface area contributed by atoms with Crippen molar-refractivity contribution in [2.24, 2.45) is 0 Å². The molecule has 0 unspecified atom stereocenters. The predicted octanol–water partition coefficient (Wildman–Crippen LogP) is 4.42. The summed E-state index contributed by atoms with van der Waals surface area (Å²) in [7, 11) is 1.56. The number of hydrogen-bond acceptors (Lipinski definition) is 3. The summed E-state index contributed by atoms with van der Waals surface area (Å²) >= 11 is 15.0. The zero-order valence-electron chi connectivity index (χ0n) is 8.13. The van der Waals surface area contributed by atoms with Crippen molar-refractivity contribution in [2.45, 2.75) is 0 Å². The van der Waals surface area contributed by atoms with Crippen LogP contribution in [-0.2, 0) is 0 Å². The van der Waals surface area contributed by atoms with Gasteiger partial charge in [-0.1, -0.05) is 16.8 Å². The first-order valence-electron chi connectivity index (χ1n) is 4.28. The summed E-state index contributed by atoms with van der Waals surface area (Å²) in [6.45, 7) is 0. The fraction of sp³-hybridized carbons (Fsp3) is 0.100. The molecular weight excluding hydrogens is 317 g/mol. The average Bonchev–Trinajstić information content (AvgIpc) is 2.60. The molecule has 0 bridgehead atoms. The Balaban J connectivity index is 2.49. The zero-order chi connectivity index (χ0) is 11.7. The summed E-state index contributed by atoms with van der Waals surface area (Å²) in [5.41, 5.74) is 1.41. The van der Waals surface area contributed by atoms with Crippen molar-refractivity contribution < 1.29 is 9.26 Å². The minimum Gasteiger partial charge on any atom is -0.495 e. The predicted molar refractivity (Wildman–Crippen MR) is 66.2 cm³/mol. The van der Waals surface area contributed by atoms with Crippen molar-refractivity contribution in [3.05, 3.63) is 32.9 Å². The molecule has 6 heteroatoms. The summed E-state index contributed by atoms with van der Waals surface area (Å²) in [6, 6.07) is 5.32. The summed E-state index contributed by atoms with van der Waals surface area (Å²) in [5.74, 6) is 0.608. The highest BCUT2D eigenvalue weighted by atomic mass is 79.9. The van der Waals surface area contributed by atoms with Crippen LogP contribution in [0.2, 0.25) is 10.2 Å². The monoisotopic (exact) mass is 321 g/mol. The number of methoxy groups -OCH3 is 1. The topological polar surface area (TPSA) is 35.3 Å². The number of halogens is 3. The minimum atomic E-state index is 0.210. The van der Waals surface area contributed by atoms with E-state index < -0.39 is 0 Å². The van der Waals surface area contributed by atoms with Crippen LogP contribution in [0.15, 0.2) is 27.2 Å². The molecule has 0 N–H and O–H groups in total. The number of aromatic nitrogens is 1. The average molecular weight is 323 g/mol. The Morgan fingerprint density at radius 1 is 1.38 bits per heavy atom. The Labute approximate surface area is 110 Å². The van der Waals surface area contributed by atoms with Gasteiger partial charge >= 0.3 is 0 Å². The molecule has 0 radical (unpaired) electrons. The van der Waals surface area contributed by atoms with Gasteiger partial charge in [-0.3, -0.25) is 0 Å². The summed E-state index contributed by atoms with van der Waals surface area (Å²) in [6.07, 6.45) is 0. The van der Waals surface area contributed by atoms with E-state index in [4.69, 9.17) is 32.5 Å². The van der Waals surface area contributed by atoms with Crippen molar-refractivity contribution in [2.75, 3.05) is 7.11 Å². The van der Waals surface area contributed by atoms with Crippen LogP contribution in [0, 0.1) is 0 Å². The van der Waals surface area contributed by atoms with Crippen LogP contribution in [0.1, 0.15) is 0 Å². The molecule has 0 aliphatic rings. The maximum absolute atomic E-state index is 6.01. The molecule has 1 aromatic carbocycles. The van der Waals surface area contributed by atoms with Crippen molar-refractivity contribution in [1.29, 1.82) is 0 Å². The maximum Gasteiger partial charge on any atom is 0.240 e. The summed E-state index contributed by atoms with van der Waals surface area (Å²) in [5, 5.41) is 4.54. The summed E-state index contributed by atoms with van der Waals surface area (Å²) in [4.78, 5) is 0. The van der Waals surface area contributed by atoms with Gasteiger partial charge in [0.05, 0.1) is 12.1 Å². The lowest BCUT2D eigenvalue weighted by atomic mass is 10.1. The van der Waals surface area contributed by atoms with E-state index in [9.17, 15) is 0 Å². The highest BCUT2D eigenvalue weighted by Crippen LogP contribution is 2.36. The number of hydrogen-bond donors (Lipinski definition) is 0. The van der Waals surface area contributed by atoms with E-state index in [1.54, 1.807) is 19.2 Å². The third-order valence-electron chi connectivity index (χ3n) is 2.02. The Kier molecular flexibility index (Phi) is 3.42. The van der Waals surface area contributed by atoms with Gasteiger partial charge in [0, 0.05) is 5.56 Å². The number of rotatable bonds is 2. The third kappa shape index (κ3) is 2.05. The molecule has 0 fully saturated rings. The molecule has 0 amide bonds. The van der Waals surface area contributed by atoms with Crippen LogP contribution in [0.4, 0.5) is 0 Å². The molecule has 0 atom stereocenters. The van der Waals surface area contributed by atoms with Gasteiger partial charge in [0.1, 0.15) is 15.9 Å². The van der Waals surface area contributed by atoms with E-state index >= 15 is 0 Å². The van der Waals surface area contributed by atoms with E-state index in [2.05, 4.69) is 21.1 Å². The third-order valence-corrected chi connectivity index (χ3v) is 3.54. The van der Waals surface area contributed by atoms with Gasteiger partial charge in [0.25, 0.3) is 0 Å². The van der Waals surface area contributed by atoms with E-state index in [0.717, 1.165) is 5.56 Å². The van der Waals surface area contributed by atoms with Crippen molar-refractivity contribution in [1.82, 2.24) is 5.16 Å². The van der Waals surface area contributed by atoms with Crippen LogP contribution in [0.25, 0.3) is 11.3 Å². The smallest absolute Gasteiger partial charge is 0.240 e. The first-order chi connectivity index (χ1) is 7.63. The molecule has 0 aliphatic heterocycles. The van der Waals surface area contributed by atoms with E-state index in [1.807, 2.05) is 6.07 Å². The SMILES string of the molecule is COc1ccc(-c2noc(Cl)c2Br)cc1Cl. The molecule has 84 valence electrons. The standard InChI is InChI=1S/C10H6BrCl2NO2/c1-15-7-3-2-5(4-6(7)12)9-8(11)10(13)16-14-9/h2-4H,1H3. The lowest BCUT2D eigenvalue weighted by Crippen LogP contribution is -1.85. The Morgan fingerprint density at radius 3 is 2.62 bits per heavy atom. The lowest BCUT2D eigenvalue weighted by Gasteiger charge is -2.03. The molecule has 2 aromatic rings. The second kappa shape index (κ2) is 4.65. The highest BCUT2D eigenvalue weighted by molar-refractivity contribution is 9.10. The molecule has 0 aliphatic carbocycles. The molecule has 1 aromatic heterocycles. The second-order valence-electron chi connectivity index (χ2n) is 2.97. The first-order valence-corrected chi connectivity index (χ1v) is 5.83. The lowest BCUT2D eigenvalue weighted by molar-refractivity contribution is 0.415. The van der Waals surface area contributed by atoms with Gasteiger partial charge in [-0.25, -0.2) is 0 Å². The van der Waals surface area contributed by atoms with Gasteiger partial charge in [-0.2, -0.15) is 0 Å². The van der Waals surface area contributed by atoms with E-state index in [0.29, 0.717) is 20.9 Å². The normalized spacial score (nSPS) is 10.5. The molecule has 0 saturated heterocycles. The highest BCUT2D eigenvalue weighted by Gasteiger charge is 2.14. The Hall–Kier alpha value is -0.710. The molecule has 16 heavy (non-hydrogen) atoms. The van der Waals surface area contributed by atoms with Crippen LogP contribution < -0.4 is 4.74 Å². The molecule has 0 saturated carbocycles. The second-order valence-corrected chi connectivity index (χ2v) is 4.51. The number of nitrogens with zero attached hydrogens (tertiary/aromatic N) is 1.